The van der Waals surface area contributed by atoms with E-state index < -0.39 is 0 Å². The summed E-state index contributed by atoms with van der Waals surface area (Å²) in [6, 6.07) is 3.66. The minimum absolute atomic E-state index is 0.647. The molecule has 0 aliphatic heterocycles. The van der Waals surface area contributed by atoms with Gasteiger partial charge in [-0.05, 0) is 6.92 Å². The molecule has 12 heavy (non-hydrogen) atoms. The van der Waals surface area contributed by atoms with Crippen molar-refractivity contribution in [1.82, 2.24) is 4.98 Å². The SMILES string of the molecule is CCOc1cnc2ccoc2c1. The van der Waals surface area contributed by atoms with Crippen molar-refractivity contribution in [3.05, 3.63) is 24.6 Å². The average Bonchev–Trinajstić information content (AvgIpc) is 2.51. The van der Waals surface area contributed by atoms with Crippen LogP contribution in [0.5, 0.6) is 5.75 Å². The summed E-state index contributed by atoms with van der Waals surface area (Å²) >= 11 is 0. The molecule has 0 atom stereocenters. The van der Waals surface area contributed by atoms with Crippen molar-refractivity contribution in [2.24, 2.45) is 0 Å². The molecule has 0 fully saturated rings. The highest BCUT2D eigenvalue weighted by Gasteiger charge is 1.99. The fourth-order valence-corrected chi connectivity index (χ4v) is 1.07. The topological polar surface area (TPSA) is 35.3 Å². The van der Waals surface area contributed by atoms with Crippen LogP contribution in [0.3, 0.4) is 0 Å². The van der Waals surface area contributed by atoms with E-state index in [1.165, 1.54) is 0 Å². The Morgan fingerprint density at radius 3 is 3.33 bits per heavy atom. The zero-order valence-corrected chi connectivity index (χ0v) is 6.78. The largest absolute Gasteiger partial charge is 0.492 e. The van der Waals surface area contributed by atoms with Crippen molar-refractivity contribution in [2.45, 2.75) is 6.92 Å². The fraction of sp³-hybridized carbons (Fsp3) is 0.222. The lowest BCUT2D eigenvalue weighted by atomic mass is 10.4. The minimum atomic E-state index is 0.647. The molecule has 0 saturated heterocycles. The summed E-state index contributed by atoms with van der Waals surface area (Å²) in [4.78, 5) is 4.14. The molecule has 0 bridgehead atoms. The van der Waals surface area contributed by atoms with Gasteiger partial charge in [0.05, 0.1) is 19.1 Å². The first-order valence-electron chi connectivity index (χ1n) is 3.86. The van der Waals surface area contributed by atoms with E-state index in [9.17, 15) is 0 Å². The summed E-state index contributed by atoms with van der Waals surface area (Å²) in [5.74, 6) is 0.750. The maximum atomic E-state index is 5.26. The third-order valence-corrected chi connectivity index (χ3v) is 1.59. The lowest BCUT2D eigenvalue weighted by molar-refractivity contribution is 0.339. The molecule has 0 aliphatic carbocycles. The van der Waals surface area contributed by atoms with Crippen molar-refractivity contribution in [3.63, 3.8) is 0 Å². The first-order valence-corrected chi connectivity index (χ1v) is 3.86. The van der Waals surface area contributed by atoms with Gasteiger partial charge in [0.2, 0.25) is 0 Å². The molecule has 0 amide bonds. The highest BCUT2D eigenvalue weighted by molar-refractivity contribution is 5.73. The summed E-state index contributed by atoms with van der Waals surface area (Å²) < 4.78 is 10.4. The predicted octanol–water partition coefficient (Wildman–Crippen LogP) is 2.23. The second-order valence-corrected chi connectivity index (χ2v) is 2.41. The van der Waals surface area contributed by atoms with Crippen LogP contribution < -0.4 is 4.74 Å². The maximum absolute atomic E-state index is 5.26. The summed E-state index contributed by atoms with van der Waals surface area (Å²) in [5, 5.41) is 0. The third kappa shape index (κ3) is 1.13. The predicted molar refractivity (Wildman–Crippen MR) is 45.2 cm³/mol. The van der Waals surface area contributed by atoms with Gasteiger partial charge in [-0.15, -0.1) is 0 Å². The second kappa shape index (κ2) is 2.85. The maximum Gasteiger partial charge on any atom is 0.155 e. The van der Waals surface area contributed by atoms with Crippen LogP contribution in [0.1, 0.15) is 6.92 Å². The molecule has 0 unspecified atom stereocenters. The van der Waals surface area contributed by atoms with E-state index in [0.717, 1.165) is 16.8 Å². The van der Waals surface area contributed by atoms with Crippen LogP contribution in [0.15, 0.2) is 29.0 Å². The van der Waals surface area contributed by atoms with Gasteiger partial charge in [0.25, 0.3) is 0 Å². The first-order chi connectivity index (χ1) is 5.90. The standard InChI is InChI=1S/C9H9NO2/c1-2-11-7-5-9-8(10-6-7)3-4-12-9/h3-6H,2H2,1H3. The molecule has 0 radical (unpaired) electrons. The number of hydrogen-bond donors (Lipinski definition) is 0. The Morgan fingerprint density at radius 2 is 2.50 bits per heavy atom. The average molecular weight is 163 g/mol. The molecule has 2 rings (SSSR count). The first kappa shape index (κ1) is 7.16. The Hall–Kier alpha value is -1.51. The van der Waals surface area contributed by atoms with Gasteiger partial charge < -0.3 is 9.15 Å². The normalized spacial score (nSPS) is 10.4. The zero-order chi connectivity index (χ0) is 8.39. The smallest absolute Gasteiger partial charge is 0.155 e. The van der Waals surface area contributed by atoms with Crippen molar-refractivity contribution in [1.29, 1.82) is 0 Å². The quantitative estimate of drug-likeness (QED) is 0.680. The summed E-state index contributed by atoms with van der Waals surface area (Å²) in [6.07, 6.45) is 3.31. The molecule has 2 aromatic heterocycles. The highest BCUT2D eigenvalue weighted by atomic mass is 16.5. The molecule has 3 nitrogen and oxygen atoms in total. The monoisotopic (exact) mass is 163 g/mol. The molecule has 3 heteroatoms. The number of hydrogen-bond acceptors (Lipinski definition) is 3. The molecular weight excluding hydrogens is 154 g/mol. The number of furan rings is 1. The van der Waals surface area contributed by atoms with Crippen LogP contribution in [0, 0.1) is 0 Å². The van der Waals surface area contributed by atoms with Crippen LogP contribution >= 0.6 is 0 Å². The third-order valence-electron chi connectivity index (χ3n) is 1.59. The Balaban J connectivity index is 2.46. The van der Waals surface area contributed by atoms with Gasteiger partial charge in [0, 0.05) is 12.1 Å². The van der Waals surface area contributed by atoms with Gasteiger partial charge in [-0.25, -0.2) is 4.98 Å². The Morgan fingerprint density at radius 1 is 1.58 bits per heavy atom. The van der Waals surface area contributed by atoms with E-state index in [1.807, 2.05) is 19.1 Å². The van der Waals surface area contributed by atoms with E-state index in [4.69, 9.17) is 9.15 Å². The van der Waals surface area contributed by atoms with Crippen LogP contribution in [0.4, 0.5) is 0 Å². The van der Waals surface area contributed by atoms with E-state index in [0.29, 0.717) is 6.61 Å². The van der Waals surface area contributed by atoms with Gasteiger partial charge in [-0.3, -0.25) is 0 Å². The van der Waals surface area contributed by atoms with Crippen LogP contribution in [0.2, 0.25) is 0 Å². The number of pyridine rings is 1. The molecule has 0 spiro atoms. The summed E-state index contributed by atoms with van der Waals surface area (Å²) in [6.45, 7) is 2.58. The number of fused-ring (bicyclic) bond motifs is 1. The molecule has 2 aromatic rings. The fourth-order valence-electron chi connectivity index (χ4n) is 1.07. The Labute approximate surface area is 70.0 Å². The highest BCUT2D eigenvalue weighted by Crippen LogP contribution is 2.18. The minimum Gasteiger partial charge on any atom is -0.492 e. The van der Waals surface area contributed by atoms with Gasteiger partial charge in [0.1, 0.15) is 11.3 Å². The van der Waals surface area contributed by atoms with Gasteiger partial charge in [-0.2, -0.15) is 0 Å². The van der Waals surface area contributed by atoms with Gasteiger partial charge in [-0.1, -0.05) is 0 Å². The van der Waals surface area contributed by atoms with Gasteiger partial charge in [0.15, 0.2) is 5.58 Å². The molecular formula is C9H9NO2. The molecule has 0 N–H and O–H groups in total. The Bertz CT molecular complexity index is 381. The van der Waals surface area contributed by atoms with Crippen LogP contribution in [0.25, 0.3) is 11.1 Å². The van der Waals surface area contributed by atoms with Crippen molar-refractivity contribution in [3.8, 4) is 5.75 Å². The van der Waals surface area contributed by atoms with Crippen LogP contribution in [-0.2, 0) is 0 Å². The second-order valence-electron chi connectivity index (χ2n) is 2.41. The zero-order valence-electron chi connectivity index (χ0n) is 6.78. The molecule has 0 saturated carbocycles. The van der Waals surface area contributed by atoms with Crippen molar-refractivity contribution >= 4 is 11.1 Å². The molecule has 0 aromatic carbocycles. The number of aromatic nitrogens is 1. The molecule has 62 valence electrons. The Kier molecular flexibility index (Phi) is 1.70. The van der Waals surface area contributed by atoms with E-state index >= 15 is 0 Å². The van der Waals surface area contributed by atoms with Crippen molar-refractivity contribution in [2.75, 3.05) is 6.61 Å². The summed E-state index contributed by atoms with van der Waals surface area (Å²) in [5.41, 5.74) is 1.62. The van der Waals surface area contributed by atoms with E-state index in [-0.39, 0.29) is 0 Å². The van der Waals surface area contributed by atoms with Crippen LogP contribution in [-0.4, -0.2) is 11.6 Å². The van der Waals surface area contributed by atoms with Gasteiger partial charge >= 0.3 is 0 Å². The molecule has 2 heterocycles. The number of ether oxygens (including phenoxy) is 1. The van der Waals surface area contributed by atoms with E-state index in [1.54, 1.807) is 12.5 Å². The lowest BCUT2D eigenvalue weighted by Crippen LogP contribution is -1.91. The van der Waals surface area contributed by atoms with Crippen molar-refractivity contribution < 1.29 is 9.15 Å². The molecule has 0 aliphatic rings. The number of rotatable bonds is 2. The lowest BCUT2D eigenvalue weighted by Gasteiger charge is -1.99. The van der Waals surface area contributed by atoms with E-state index in [2.05, 4.69) is 4.98 Å². The number of nitrogens with zero attached hydrogens (tertiary/aromatic N) is 1. The summed E-state index contributed by atoms with van der Waals surface area (Å²) in [7, 11) is 0.